The zero-order valence-corrected chi connectivity index (χ0v) is 13.0. The highest BCUT2D eigenvalue weighted by Crippen LogP contribution is 2.27. The fourth-order valence-electron chi connectivity index (χ4n) is 1.50. The lowest BCUT2D eigenvalue weighted by Crippen LogP contribution is -2.44. The van der Waals surface area contributed by atoms with Crippen LogP contribution in [0, 0.1) is 5.82 Å². The second-order valence-corrected chi connectivity index (χ2v) is 7.27. The third kappa shape index (κ3) is 4.13. The molecular formula is C11H16BrFN2O3S. The Kier molecular flexibility index (Phi) is 4.94. The molecule has 0 amide bonds. The lowest BCUT2D eigenvalue weighted by molar-refractivity contribution is 0.245. The monoisotopic (exact) mass is 354 g/mol. The molecule has 5 nitrogen and oxygen atoms in total. The van der Waals surface area contributed by atoms with Crippen LogP contribution in [0.4, 0.5) is 10.1 Å². The van der Waals surface area contributed by atoms with Gasteiger partial charge in [0.25, 0.3) is 0 Å². The van der Waals surface area contributed by atoms with E-state index in [1.54, 1.807) is 13.8 Å². The van der Waals surface area contributed by atoms with Crippen LogP contribution in [0.15, 0.2) is 21.5 Å². The number of rotatable bonds is 5. The summed E-state index contributed by atoms with van der Waals surface area (Å²) < 4.78 is 40.6. The number of aliphatic hydroxyl groups is 1. The summed E-state index contributed by atoms with van der Waals surface area (Å²) in [5, 5.41) is 8.87. The lowest BCUT2D eigenvalue weighted by atomic mass is 10.0. The van der Waals surface area contributed by atoms with Crippen LogP contribution in [0.25, 0.3) is 0 Å². The molecule has 0 unspecified atom stereocenters. The third-order valence-corrected chi connectivity index (χ3v) is 4.89. The van der Waals surface area contributed by atoms with Crippen molar-refractivity contribution in [2.45, 2.75) is 30.7 Å². The molecule has 1 rings (SSSR count). The fraction of sp³-hybridized carbons (Fsp3) is 0.455. The van der Waals surface area contributed by atoms with Crippen molar-refractivity contribution in [2.24, 2.45) is 0 Å². The SMILES string of the molecule is CC(C)(CCO)NS(=O)(=O)c1cc(N)c(Br)cc1F. The highest BCUT2D eigenvalue weighted by Gasteiger charge is 2.28. The summed E-state index contributed by atoms with van der Waals surface area (Å²) in [6.07, 6.45) is 0.208. The summed E-state index contributed by atoms with van der Waals surface area (Å²) >= 11 is 3.02. The van der Waals surface area contributed by atoms with Crippen molar-refractivity contribution < 1.29 is 17.9 Å². The summed E-state index contributed by atoms with van der Waals surface area (Å²) in [5.41, 5.74) is 4.80. The van der Waals surface area contributed by atoms with E-state index in [1.807, 2.05) is 0 Å². The highest BCUT2D eigenvalue weighted by atomic mass is 79.9. The van der Waals surface area contributed by atoms with Gasteiger partial charge in [-0.3, -0.25) is 0 Å². The van der Waals surface area contributed by atoms with E-state index in [4.69, 9.17) is 10.8 Å². The summed E-state index contributed by atoms with van der Waals surface area (Å²) in [6, 6.07) is 2.06. The van der Waals surface area contributed by atoms with Crippen molar-refractivity contribution in [3.05, 3.63) is 22.4 Å². The molecule has 0 saturated heterocycles. The predicted octanol–water partition coefficient (Wildman–Crippen LogP) is 1.61. The van der Waals surface area contributed by atoms with Gasteiger partial charge < -0.3 is 10.8 Å². The van der Waals surface area contributed by atoms with E-state index < -0.39 is 26.3 Å². The first-order valence-corrected chi connectivity index (χ1v) is 7.76. The molecule has 0 bridgehead atoms. The zero-order chi connectivity index (χ0) is 14.8. The first kappa shape index (κ1) is 16.4. The van der Waals surface area contributed by atoms with Crippen molar-refractivity contribution in [3.63, 3.8) is 0 Å². The normalized spacial score (nSPS) is 12.7. The topological polar surface area (TPSA) is 92.4 Å². The number of hydrogen-bond donors (Lipinski definition) is 3. The Bertz CT molecular complexity index is 576. The van der Waals surface area contributed by atoms with Crippen molar-refractivity contribution in [2.75, 3.05) is 12.3 Å². The van der Waals surface area contributed by atoms with Crippen molar-refractivity contribution in [1.82, 2.24) is 4.72 Å². The van der Waals surface area contributed by atoms with Gasteiger partial charge in [0.05, 0.1) is 0 Å². The Labute approximate surface area is 120 Å². The van der Waals surface area contributed by atoms with Crippen molar-refractivity contribution >= 4 is 31.6 Å². The maximum Gasteiger partial charge on any atom is 0.244 e. The van der Waals surface area contributed by atoms with Gasteiger partial charge in [-0.2, -0.15) is 0 Å². The van der Waals surface area contributed by atoms with Gasteiger partial charge in [-0.05, 0) is 48.3 Å². The average Bonchev–Trinajstić information content (AvgIpc) is 2.21. The minimum atomic E-state index is -4.05. The number of nitrogen functional groups attached to an aromatic ring is 1. The van der Waals surface area contributed by atoms with E-state index in [9.17, 15) is 12.8 Å². The molecule has 1 aromatic carbocycles. The van der Waals surface area contributed by atoms with Gasteiger partial charge in [0.2, 0.25) is 10.0 Å². The van der Waals surface area contributed by atoms with Gasteiger partial charge in [0.1, 0.15) is 10.7 Å². The van der Waals surface area contributed by atoms with Crippen LogP contribution < -0.4 is 10.5 Å². The zero-order valence-electron chi connectivity index (χ0n) is 10.6. The largest absolute Gasteiger partial charge is 0.398 e. The molecule has 0 aliphatic rings. The number of aliphatic hydroxyl groups excluding tert-OH is 1. The Hall–Kier alpha value is -0.700. The number of nitrogens with two attached hydrogens (primary N) is 1. The highest BCUT2D eigenvalue weighted by molar-refractivity contribution is 9.10. The predicted molar refractivity (Wildman–Crippen MR) is 74.6 cm³/mol. The van der Waals surface area contributed by atoms with Gasteiger partial charge >= 0.3 is 0 Å². The van der Waals surface area contributed by atoms with Crippen LogP contribution in [0.5, 0.6) is 0 Å². The van der Waals surface area contributed by atoms with Crippen LogP contribution in [-0.4, -0.2) is 25.7 Å². The lowest BCUT2D eigenvalue weighted by Gasteiger charge is -2.25. The van der Waals surface area contributed by atoms with Crippen LogP contribution >= 0.6 is 15.9 Å². The fourth-order valence-corrected chi connectivity index (χ4v) is 3.35. The minimum absolute atomic E-state index is 0.127. The molecule has 0 aliphatic carbocycles. The molecule has 8 heteroatoms. The maximum absolute atomic E-state index is 13.7. The number of halogens is 2. The van der Waals surface area contributed by atoms with Gasteiger partial charge in [0, 0.05) is 22.3 Å². The van der Waals surface area contributed by atoms with E-state index in [2.05, 4.69) is 20.7 Å². The quantitative estimate of drug-likeness (QED) is 0.700. The number of nitrogens with one attached hydrogen (secondary N) is 1. The minimum Gasteiger partial charge on any atom is -0.398 e. The van der Waals surface area contributed by atoms with Crippen LogP contribution in [0.1, 0.15) is 20.3 Å². The molecule has 0 spiro atoms. The van der Waals surface area contributed by atoms with Crippen LogP contribution in [0.3, 0.4) is 0 Å². The molecule has 0 aromatic heterocycles. The average molecular weight is 355 g/mol. The molecule has 0 saturated carbocycles. The second kappa shape index (κ2) is 5.74. The smallest absolute Gasteiger partial charge is 0.244 e. The number of sulfonamides is 1. The summed E-state index contributed by atoms with van der Waals surface area (Å²) in [6.45, 7) is 3.02. The molecule has 4 N–H and O–H groups in total. The summed E-state index contributed by atoms with van der Waals surface area (Å²) in [4.78, 5) is -0.515. The van der Waals surface area contributed by atoms with Gasteiger partial charge in [0.15, 0.2) is 0 Å². The Balaban J connectivity index is 3.18. The van der Waals surface area contributed by atoms with E-state index in [0.717, 1.165) is 12.1 Å². The van der Waals surface area contributed by atoms with Crippen molar-refractivity contribution in [1.29, 1.82) is 0 Å². The number of anilines is 1. The Morgan fingerprint density at radius 3 is 2.58 bits per heavy atom. The first-order chi connectivity index (χ1) is 8.59. The second-order valence-electron chi connectivity index (χ2n) is 4.77. The molecule has 108 valence electrons. The summed E-state index contributed by atoms with van der Waals surface area (Å²) in [5.74, 6) is -0.895. The van der Waals surface area contributed by atoms with E-state index in [1.165, 1.54) is 0 Å². The summed E-state index contributed by atoms with van der Waals surface area (Å²) in [7, 11) is -4.05. The van der Waals surface area contributed by atoms with Crippen molar-refractivity contribution in [3.8, 4) is 0 Å². The molecule has 19 heavy (non-hydrogen) atoms. The first-order valence-electron chi connectivity index (χ1n) is 5.48. The molecule has 0 heterocycles. The standard InChI is InChI=1S/C11H16BrFN2O3S/c1-11(2,3-4-16)15-19(17,18)10-6-9(14)7(12)5-8(10)13/h5-6,15-16H,3-4,14H2,1-2H3. The van der Waals surface area contributed by atoms with E-state index >= 15 is 0 Å². The van der Waals surface area contributed by atoms with Gasteiger partial charge in [-0.25, -0.2) is 17.5 Å². The van der Waals surface area contributed by atoms with E-state index in [-0.39, 0.29) is 18.7 Å². The number of hydrogen-bond acceptors (Lipinski definition) is 4. The van der Waals surface area contributed by atoms with Crippen LogP contribution in [0.2, 0.25) is 0 Å². The maximum atomic E-state index is 13.7. The third-order valence-electron chi connectivity index (χ3n) is 2.49. The Morgan fingerprint density at radius 1 is 1.47 bits per heavy atom. The molecule has 0 aliphatic heterocycles. The molecule has 0 fully saturated rings. The number of benzene rings is 1. The van der Waals surface area contributed by atoms with Gasteiger partial charge in [-0.1, -0.05) is 0 Å². The molecular weight excluding hydrogens is 339 g/mol. The molecule has 0 radical (unpaired) electrons. The van der Waals surface area contributed by atoms with E-state index in [0.29, 0.717) is 4.47 Å². The molecule has 1 aromatic rings. The molecule has 0 atom stereocenters. The van der Waals surface area contributed by atoms with Crippen LogP contribution in [-0.2, 0) is 10.0 Å². The van der Waals surface area contributed by atoms with Gasteiger partial charge in [-0.15, -0.1) is 0 Å². The Morgan fingerprint density at radius 2 is 2.05 bits per heavy atom.